The predicted molar refractivity (Wildman–Crippen MR) is 217 cm³/mol. The molecule has 0 radical (unpaired) electrons. The standard InChI is InChI=1S/C47H54O13/c1-24-36(33(50)14-11-25-7-3-2-4-8-25)41(52)38-30(40(24)51)17-28(44(55)56)18-34(38)59-45-42(53)43(54)47(35(20-49)60-45)19-31-29-10-5-9-27-21-57-23-46(39(27)29,15-6-16-48)32-13-12-26(22-58-47)37(31)32/h2-4,7-8,13,17-18,27,29,31,35,39,42-43,45,48-49,51-54H,5-6,9-12,14-16,19-23H2,1H3,(H,55,56)/t27-,29-,31-,35+,39-,42+,43+,45-,46-,47-/m0/s1. The quantitative estimate of drug-likeness (QED) is 0.0989. The van der Waals surface area contributed by atoms with Crippen LogP contribution in [0.4, 0.5) is 0 Å². The van der Waals surface area contributed by atoms with Gasteiger partial charge in [0, 0.05) is 36.0 Å². The zero-order valence-corrected chi connectivity index (χ0v) is 33.7. The third-order valence-electron chi connectivity index (χ3n) is 14.8. The van der Waals surface area contributed by atoms with Crippen LogP contribution in [0.5, 0.6) is 17.2 Å². The number of phenols is 2. The minimum absolute atomic E-state index is 0.0000875. The van der Waals surface area contributed by atoms with E-state index in [1.165, 1.54) is 18.1 Å². The maximum Gasteiger partial charge on any atom is 0.335 e. The highest BCUT2D eigenvalue weighted by molar-refractivity contribution is 6.11. The molecule has 2 saturated heterocycles. The summed E-state index contributed by atoms with van der Waals surface area (Å²) in [6.45, 7) is 2.33. The summed E-state index contributed by atoms with van der Waals surface area (Å²) in [6.07, 6.45) is 1.72. The minimum atomic E-state index is -1.79. The number of aliphatic hydroxyl groups excluding tert-OH is 4. The number of fused-ring (bicyclic) bond motifs is 3. The smallest absolute Gasteiger partial charge is 0.335 e. The van der Waals surface area contributed by atoms with E-state index in [-0.39, 0.29) is 82.4 Å². The van der Waals surface area contributed by atoms with E-state index >= 15 is 0 Å². The number of hydrogen-bond acceptors (Lipinski definition) is 12. The number of aromatic hydroxyl groups is 2. The Hall–Kier alpha value is -4.34. The molecule has 3 aliphatic heterocycles. The van der Waals surface area contributed by atoms with Crippen LogP contribution in [0, 0.1) is 36.0 Å². The summed E-state index contributed by atoms with van der Waals surface area (Å²) in [5.74, 6) is -2.38. The first kappa shape index (κ1) is 41.0. The molecule has 4 fully saturated rings. The fourth-order valence-corrected chi connectivity index (χ4v) is 12.2. The first-order valence-electron chi connectivity index (χ1n) is 21.3. The normalized spacial score (nSPS) is 33.2. The summed E-state index contributed by atoms with van der Waals surface area (Å²) < 4.78 is 25.6. The van der Waals surface area contributed by atoms with Crippen molar-refractivity contribution in [3.8, 4) is 17.2 Å². The van der Waals surface area contributed by atoms with Crippen molar-refractivity contribution in [2.75, 3.05) is 33.0 Å². The van der Waals surface area contributed by atoms with Gasteiger partial charge in [-0.2, -0.15) is 0 Å². The van der Waals surface area contributed by atoms with Crippen molar-refractivity contribution in [1.82, 2.24) is 0 Å². The number of Topliss-reactive ketones (excluding diaryl/α,β-unsaturated/α-hetero) is 1. The fourth-order valence-electron chi connectivity index (χ4n) is 12.2. The molecule has 0 bridgehead atoms. The zero-order chi connectivity index (χ0) is 42.1. The van der Waals surface area contributed by atoms with Crippen LogP contribution in [0.15, 0.2) is 65.3 Å². The SMILES string of the molecule is Cc1c(C(=O)CCc2ccccc2)c(O)c2c(O[C@H]3O[C@H](CO)[C@@]4(C[C@@H]5C6=C(CC=C6[C@]6(CCCO)COC[C@@H]7CCC[C@@H]5[C@H]76)CO4)[C@H](O)[C@H]3O)cc(C(=O)O)cc2c1O. The number of ketones is 1. The van der Waals surface area contributed by atoms with E-state index in [0.717, 1.165) is 49.0 Å². The van der Waals surface area contributed by atoms with Crippen molar-refractivity contribution in [3.63, 3.8) is 0 Å². The van der Waals surface area contributed by atoms with Crippen molar-refractivity contribution in [2.45, 2.75) is 94.9 Å². The molecular weight excluding hydrogens is 773 g/mol. The molecule has 1 spiro atoms. The molecule has 10 atom stereocenters. The predicted octanol–water partition coefficient (Wildman–Crippen LogP) is 5.13. The van der Waals surface area contributed by atoms with Gasteiger partial charge in [-0.15, -0.1) is 0 Å². The van der Waals surface area contributed by atoms with E-state index in [9.17, 15) is 45.3 Å². The van der Waals surface area contributed by atoms with Crippen LogP contribution >= 0.6 is 0 Å². The lowest BCUT2D eigenvalue weighted by molar-refractivity contribution is -0.326. The molecule has 0 unspecified atom stereocenters. The van der Waals surface area contributed by atoms with Gasteiger partial charge in [-0.25, -0.2) is 4.79 Å². The summed E-state index contributed by atoms with van der Waals surface area (Å²) in [7, 11) is 0. The second-order valence-corrected chi connectivity index (χ2v) is 17.8. The van der Waals surface area contributed by atoms with E-state index in [2.05, 4.69) is 6.08 Å². The molecule has 3 heterocycles. The Labute approximate surface area is 347 Å². The lowest BCUT2D eigenvalue weighted by Gasteiger charge is -2.61. The van der Waals surface area contributed by atoms with Crippen molar-refractivity contribution in [1.29, 1.82) is 0 Å². The summed E-state index contributed by atoms with van der Waals surface area (Å²) in [4.78, 5) is 26.1. The number of carboxylic acid groups (broad SMARTS) is 1. The van der Waals surface area contributed by atoms with Gasteiger partial charge in [0.25, 0.3) is 0 Å². The first-order chi connectivity index (χ1) is 28.9. The first-order valence-corrected chi connectivity index (χ1v) is 21.3. The second kappa shape index (κ2) is 15.8. The highest BCUT2D eigenvalue weighted by Crippen LogP contribution is 2.67. The van der Waals surface area contributed by atoms with Crippen LogP contribution in [0.2, 0.25) is 0 Å². The van der Waals surface area contributed by atoms with Gasteiger partial charge >= 0.3 is 5.97 Å². The summed E-state index contributed by atoms with van der Waals surface area (Å²) in [6, 6.07) is 11.6. The molecule has 7 N–H and O–H groups in total. The Bertz CT molecular complexity index is 2240. The van der Waals surface area contributed by atoms with Gasteiger partial charge in [0.1, 0.15) is 41.2 Å². The average Bonchev–Trinajstić information content (AvgIpc) is 3.62. The molecule has 13 nitrogen and oxygen atoms in total. The van der Waals surface area contributed by atoms with Crippen molar-refractivity contribution in [2.24, 2.45) is 29.1 Å². The Morgan fingerprint density at radius 1 is 1.03 bits per heavy atom. The maximum atomic E-state index is 13.7. The van der Waals surface area contributed by atoms with Gasteiger partial charge < -0.3 is 54.7 Å². The van der Waals surface area contributed by atoms with Crippen molar-refractivity contribution in [3.05, 3.63) is 87.5 Å². The highest BCUT2D eigenvalue weighted by Gasteiger charge is 2.65. The number of ether oxygens (including phenoxy) is 4. The number of carbonyl (C=O) groups excluding carboxylic acids is 1. The number of rotatable bonds is 11. The Kier molecular flexibility index (Phi) is 10.8. The summed E-state index contributed by atoms with van der Waals surface area (Å²) in [5, 5.41) is 78.3. The Morgan fingerprint density at radius 3 is 2.58 bits per heavy atom. The minimum Gasteiger partial charge on any atom is -0.507 e. The third-order valence-corrected chi connectivity index (χ3v) is 14.8. The van der Waals surface area contributed by atoms with Crippen molar-refractivity contribution < 1.29 is 64.3 Å². The summed E-state index contributed by atoms with van der Waals surface area (Å²) in [5.41, 5.74) is 2.22. The molecule has 3 aromatic carbocycles. The fraction of sp³-hybridized carbons (Fsp3) is 0.532. The number of carboxylic acids is 1. The number of hydrogen-bond donors (Lipinski definition) is 7. The van der Waals surface area contributed by atoms with E-state index in [1.54, 1.807) is 0 Å². The van der Waals surface area contributed by atoms with Gasteiger partial charge in [-0.1, -0.05) is 42.8 Å². The van der Waals surface area contributed by atoms with E-state index in [1.807, 2.05) is 30.3 Å². The Morgan fingerprint density at radius 2 is 1.83 bits per heavy atom. The van der Waals surface area contributed by atoms with Crippen LogP contribution in [0.3, 0.4) is 0 Å². The van der Waals surface area contributed by atoms with E-state index in [0.29, 0.717) is 38.4 Å². The molecule has 320 valence electrons. The van der Waals surface area contributed by atoms with Gasteiger partial charge in [0.15, 0.2) is 5.78 Å². The average molecular weight is 827 g/mol. The van der Waals surface area contributed by atoms with Gasteiger partial charge in [-0.05, 0) is 110 Å². The largest absolute Gasteiger partial charge is 0.507 e. The number of aliphatic hydroxyl groups is 4. The Balaban J connectivity index is 1.06. The molecule has 60 heavy (non-hydrogen) atoms. The topological polar surface area (TPSA) is 213 Å². The molecule has 3 aliphatic carbocycles. The number of aromatic carboxylic acids is 1. The van der Waals surface area contributed by atoms with Gasteiger partial charge in [0.2, 0.25) is 6.29 Å². The lowest BCUT2D eigenvalue weighted by atomic mass is 9.46. The molecular formula is C47H54O13. The number of benzene rings is 3. The number of phenolic OH excluding ortho intramolecular Hbond substituents is 2. The second-order valence-electron chi connectivity index (χ2n) is 17.8. The lowest BCUT2D eigenvalue weighted by Crippen LogP contribution is -2.69. The molecule has 9 rings (SSSR count). The monoisotopic (exact) mass is 826 g/mol. The molecule has 0 aromatic heterocycles. The number of carbonyl (C=O) groups is 2. The van der Waals surface area contributed by atoms with Crippen LogP contribution in [0.1, 0.15) is 83.2 Å². The molecule has 3 aromatic rings. The maximum absolute atomic E-state index is 13.7. The molecule has 6 aliphatic rings. The zero-order valence-electron chi connectivity index (χ0n) is 33.7. The van der Waals surface area contributed by atoms with Crippen LogP contribution in [-0.2, 0) is 20.6 Å². The van der Waals surface area contributed by atoms with E-state index in [4.69, 9.17) is 18.9 Å². The molecule has 2 saturated carbocycles. The van der Waals surface area contributed by atoms with E-state index < -0.39 is 60.1 Å². The van der Waals surface area contributed by atoms with Crippen molar-refractivity contribution >= 4 is 22.5 Å². The third kappa shape index (κ3) is 6.39. The molecule has 0 amide bonds. The molecule has 13 heteroatoms. The van der Waals surface area contributed by atoms with Crippen LogP contribution in [-0.4, -0.2) is 111 Å². The number of aryl methyl sites for hydroxylation is 1. The van der Waals surface area contributed by atoms with Gasteiger partial charge in [0.05, 0.1) is 36.3 Å². The van der Waals surface area contributed by atoms with Gasteiger partial charge in [-0.3, -0.25) is 4.79 Å². The van der Waals surface area contributed by atoms with Crippen LogP contribution in [0.25, 0.3) is 10.8 Å². The highest BCUT2D eigenvalue weighted by atomic mass is 16.7. The van der Waals surface area contributed by atoms with Crippen LogP contribution < -0.4 is 4.74 Å². The number of allylic oxidation sites excluding steroid dienone is 2. The summed E-state index contributed by atoms with van der Waals surface area (Å²) >= 11 is 0.